The van der Waals surface area contributed by atoms with E-state index >= 15 is 0 Å². The summed E-state index contributed by atoms with van der Waals surface area (Å²) >= 11 is 0. The molecule has 9 heteroatoms. The highest BCUT2D eigenvalue weighted by Crippen LogP contribution is 2.32. The summed E-state index contributed by atoms with van der Waals surface area (Å²) in [6.07, 6.45) is 2.92. The largest absolute Gasteiger partial charge is 0.507 e. The minimum absolute atomic E-state index is 0.0369. The monoisotopic (exact) mass is 329 g/mol. The first kappa shape index (κ1) is 15.7. The lowest BCUT2D eigenvalue weighted by atomic mass is 10.0. The van der Waals surface area contributed by atoms with Gasteiger partial charge in [0.15, 0.2) is 0 Å². The van der Waals surface area contributed by atoms with Gasteiger partial charge in [-0.15, -0.1) is 20.1 Å². The third-order valence-corrected chi connectivity index (χ3v) is 3.29. The standard InChI is InChI=1S/C15H15N5O4/c1-16-14-5-4-12(18-19-14)11-3-2-9(6-13(11)21)10-7-17-20(8-10)24-15(22)23/h2-8,15,21-23H,1H3,(H,16,19). The minimum atomic E-state index is -1.97. The zero-order chi connectivity index (χ0) is 17.1. The highest BCUT2D eigenvalue weighted by Gasteiger charge is 2.10. The molecule has 3 rings (SSSR count). The van der Waals surface area contributed by atoms with E-state index in [9.17, 15) is 5.11 Å². The lowest BCUT2D eigenvalue weighted by Crippen LogP contribution is -2.24. The molecule has 0 amide bonds. The van der Waals surface area contributed by atoms with E-state index in [1.165, 1.54) is 12.4 Å². The summed E-state index contributed by atoms with van der Waals surface area (Å²) in [6.45, 7) is -1.97. The van der Waals surface area contributed by atoms with Crippen molar-refractivity contribution in [2.45, 2.75) is 6.48 Å². The number of rotatable bonds is 5. The molecule has 0 saturated heterocycles. The zero-order valence-electron chi connectivity index (χ0n) is 12.7. The predicted octanol–water partition coefficient (Wildman–Crippen LogP) is 0.451. The molecule has 0 bridgehead atoms. The minimum Gasteiger partial charge on any atom is -0.507 e. The van der Waals surface area contributed by atoms with Crippen LogP contribution in [0.3, 0.4) is 0 Å². The Morgan fingerprint density at radius 2 is 1.96 bits per heavy atom. The van der Waals surface area contributed by atoms with E-state index in [2.05, 4.69) is 25.5 Å². The SMILES string of the molecule is CNc1ccc(-c2ccc(-c3cnn(OC(O)O)c3)cc2O)nn1. The van der Waals surface area contributed by atoms with Crippen LogP contribution in [0, 0.1) is 0 Å². The average Bonchev–Trinajstić information content (AvgIpc) is 3.02. The van der Waals surface area contributed by atoms with Gasteiger partial charge in [0.1, 0.15) is 11.6 Å². The Hall–Kier alpha value is -3.17. The molecule has 4 N–H and O–H groups in total. The molecule has 2 aromatic heterocycles. The summed E-state index contributed by atoms with van der Waals surface area (Å²) in [6, 6.07) is 8.56. The maximum absolute atomic E-state index is 10.3. The third-order valence-electron chi connectivity index (χ3n) is 3.29. The summed E-state index contributed by atoms with van der Waals surface area (Å²) in [7, 11) is 1.75. The summed E-state index contributed by atoms with van der Waals surface area (Å²) < 4.78 is 0. The van der Waals surface area contributed by atoms with E-state index in [1.807, 2.05) is 0 Å². The van der Waals surface area contributed by atoms with Crippen LogP contribution in [0.25, 0.3) is 22.4 Å². The fourth-order valence-corrected chi connectivity index (χ4v) is 2.15. The molecule has 0 radical (unpaired) electrons. The van der Waals surface area contributed by atoms with Crippen molar-refractivity contribution >= 4 is 5.82 Å². The number of phenolic OH excluding ortho intramolecular Hbond substituents is 1. The van der Waals surface area contributed by atoms with Gasteiger partial charge in [-0.1, -0.05) is 6.07 Å². The second kappa shape index (κ2) is 6.52. The number of aromatic hydroxyl groups is 1. The maximum Gasteiger partial charge on any atom is 0.334 e. The number of nitrogens with one attached hydrogen (secondary N) is 1. The van der Waals surface area contributed by atoms with Crippen LogP contribution in [0.2, 0.25) is 0 Å². The van der Waals surface area contributed by atoms with Crippen LogP contribution in [-0.2, 0) is 0 Å². The molecular weight excluding hydrogens is 314 g/mol. The van der Waals surface area contributed by atoms with Gasteiger partial charge in [-0.25, -0.2) is 0 Å². The van der Waals surface area contributed by atoms with Crippen molar-refractivity contribution in [3.8, 4) is 28.1 Å². The van der Waals surface area contributed by atoms with E-state index < -0.39 is 6.48 Å². The molecule has 0 spiro atoms. The molecule has 0 fully saturated rings. The Labute approximate surface area is 136 Å². The van der Waals surface area contributed by atoms with Gasteiger partial charge in [0, 0.05) is 18.2 Å². The molecule has 0 aliphatic rings. The van der Waals surface area contributed by atoms with Crippen molar-refractivity contribution in [3.05, 3.63) is 42.7 Å². The smallest absolute Gasteiger partial charge is 0.334 e. The fraction of sp³-hybridized carbons (Fsp3) is 0.133. The van der Waals surface area contributed by atoms with Gasteiger partial charge in [0.2, 0.25) is 0 Å². The van der Waals surface area contributed by atoms with Crippen molar-refractivity contribution in [3.63, 3.8) is 0 Å². The number of aromatic nitrogens is 4. The molecule has 0 aliphatic heterocycles. The third kappa shape index (κ3) is 3.26. The molecule has 0 atom stereocenters. The van der Waals surface area contributed by atoms with Gasteiger partial charge in [-0.2, -0.15) is 0 Å². The second-order valence-corrected chi connectivity index (χ2v) is 4.85. The van der Waals surface area contributed by atoms with Gasteiger partial charge >= 0.3 is 6.48 Å². The Balaban J connectivity index is 1.87. The highest BCUT2D eigenvalue weighted by atomic mass is 16.8. The van der Waals surface area contributed by atoms with Crippen LogP contribution in [-0.4, -0.2) is 49.0 Å². The molecule has 24 heavy (non-hydrogen) atoms. The molecular formula is C15H15N5O4. The number of phenols is 1. The van der Waals surface area contributed by atoms with E-state index in [1.54, 1.807) is 37.4 Å². The lowest BCUT2D eigenvalue weighted by Gasteiger charge is -2.07. The van der Waals surface area contributed by atoms with Crippen LogP contribution in [0.1, 0.15) is 0 Å². The van der Waals surface area contributed by atoms with Gasteiger partial charge in [0.25, 0.3) is 0 Å². The molecule has 1 aromatic carbocycles. The van der Waals surface area contributed by atoms with Crippen LogP contribution in [0.5, 0.6) is 5.75 Å². The van der Waals surface area contributed by atoms with E-state index in [0.29, 0.717) is 28.2 Å². The second-order valence-electron chi connectivity index (χ2n) is 4.85. The molecule has 0 saturated carbocycles. The average molecular weight is 329 g/mol. The lowest BCUT2D eigenvalue weighted by molar-refractivity contribution is -0.240. The van der Waals surface area contributed by atoms with Crippen LogP contribution in [0.4, 0.5) is 5.82 Å². The fourth-order valence-electron chi connectivity index (χ4n) is 2.15. The van der Waals surface area contributed by atoms with Crippen molar-refractivity contribution in [1.29, 1.82) is 0 Å². The van der Waals surface area contributed by atoms with Crippen molar-refractivity contribution in [1.82, 2.24) is 20.1 Å². The molecule has 9 nitrogen and oxygen atoms in total. The Kier molecular flexibility index (Phi) is 4.27. The number of hydrogen-bond donors (Lipinski definition) is 4. The van der Waals surface area contributed by atoms with Gasteiger partial charge in [-0.05, 0) is 29.8 Å². The zero-order valence-corrected chi connectivity index (χ0v) is 12.7. The van der Waals surface area contributed by atoms with Gasteiger partial charge in [-0.3, -0.25) is 0 Å². The molecule has 124 valence electrons. The normalized spacial score (nSPS) is 10.8. The number of aliphatic hydroxyl groups excluding tert-OH is 1. The summed E-state index contributed by atoms with van der Waals surface area (Å²) in [5.41, 5.74) is 2.40. The van der Waals surface area contributed by atoms with Crippen molar-refractivity contribution in [2.75, 3.05) is 12.4 Å². The number of anilines is 1. The first-order valence-electron chi connectivity index (χ1n) is 7.00. The topological polar surface area (TPSA) is 126 Å². The predicted molar refractivity (Wildman–Crippen MR) is 84.7 cm³/mol. The van der Waals surface area contributed by atoms with E-state index in [0.717, 1.165) is 4.85 Å². The summed E-state index contributed by atoms with van der Waals surface area (Å²) in [5.74, 6) is 0.670. The van der Waals surface area contributed by atoms with Crippen LogP contribution < -0.4 is 10.2 Å². The molecule has 3 aromatic rings. The molecule has 0 aliphatic carbocycles. The summed E-state index contributed by atoms with van der Waals surface area (Å²) in [4.78, 5) is 5.51. The molecule has 0 unspecified atom stereocenters. The highest BCUT2D eigenvalue weighted by molar-refractivity contribution is 5.73. The molecule has 2 heterocycles. The number of hydrogen-bond acceptors (Lipinski definition) is 8. The summed E-state index contributed by atoms with van der Waals surface area (Å²) in [5, 5.41) is 42.5. The quantitative estimate of drug-likeness (QED) is 0.497. The number of benzene rings is 1. The van der Waals surface area contributed by atoms with Crippen LogP contribution >= 0.6 is 0 Å². The number of nitrogens with zero attached hydrogens (tertiary/aromatic N) is 4. The maximum atomic E-state index is 10.3. The van der Waals surface area contributed by atoms with Crippen LogP contribution in [0.15, 0.2) is 42.7 Å². The van der Waals surface area contributed by atoms with Gasteiger partial charge < -0.3 is 25.5 Å². The van der Waals surface area contributed by atoms with Gasteiger partial charge in [0.05, 0.1) is 18.1 Å². The first-order valence-corrected chi connectivity index (χ1v) is 7.00. The Morgan fingerprint density at radius 3 is 2.58 bits per heavy atom. The van der Waals surface area contributed by atoms with Crippen molar-refractivity contribution in [2.24, 2.45) is 0 Å². The Morgan fingerprint density at radius 1 is 1.12 bits per heavy atom. The van der Waals surface area contributed by atoms with Crippen molar-refractivity contribution < 1.29 is 20.2 Å². The van der Waals surface area contributed by atoms with E-state index in [-0.39, 0.29) is 5.75 Å². The number of aliphatic hydroxyl groups is 2. The Bertz CT molecular complexity index is 832. The van der Waals surface area contributed by atoms with E-state index in [4.69, 9.17) is 10.2 Å². The first-order chi connectivity index (χ1) is 11.6.